The molecule has 0 aromatic heterocycles. The van der Waals surface area contributed by atoms with Crippen molar-refractivity contribution in [2.24, 2.45) is 5.73 Å². The van der Waals surface area contributed by atoms with Gasteiger partial charge in [-0.1, -0.05) is 30.3 Å². The van der Waals surface area contributed by atoms with E-state index < -0.39 is 12.2 Å². The Bertz CT molecular complexity index is 309. The Morgan fingerprint density at radius 2 is 1.67 bits per heavy atom. The molecule has 0 heterocycles. The van der Waals surface area contributed by atoms with E-state index in [1.807, 2.05) is 30.3 Å². The van der Waals surface area contributed by atoms with E-state index in [-0.39, 0.29) is 0 Å². The summed E-state index contributed by atoms with van der Waals surface area (Å²) in [5, 5.41) is 17.7. The van der Waals surface area contributed by atoms with Crippen LogP contribution < -0.4 is 11.1 Å². The molecule has 0 aliphatic rings. The standard InChI is InChI=1S/C8H9NO2.CH3NO2/c10-8(11)9-6-7-4-2-1-3-5-7;2-1(3)4/h1-5,9H,6H2,(H,10,11);2H2,(H,3,4). The SMILES string of the molecule is NC(=O)O.O=C(O)NCc1ccccc1. The van der Waals surface area contributed by atoms with E-state index in [4.69, 9.17) is 15.0 Å². The minimum atomic E-state index is -1.33. The molecule has 6 nitrogen and oxygen atoms in total. The normalized spacial score (nSPS) is 8.27. The van der Waals surface area contributed by atoms with Crippen LogP contribution in [0.15, 0.2) is 30.3 Å². The summed E-state index contributed by atoms with van der Waals surface area (Å²) in [4.78, 5) is 18.8. The second-order valence-electron chi connectivity index (χ2n) is 2.48. The smallest absolute Gasteiger partial charge is 0.404 e. The van der Waals surface area contributed by atoms with Gasteiger partial charge in [-0.2, -0.15) is 0 Å². The lowest BCUT2D eigenvalue weighted by atomic mass is 10.2. The molecule has 0 fully saturated rings. The predicted molar refractivity (Wildman–Crippen MR) is 53.5 cm³/mol. The van der Waals surface area contributed by atoms with Crippen LogP contribution in [0.25, 0.3) is 0 Å². The van der Waals surface area contributed by atoms with E-state index >= 15 is 0 Å². The van der Waals surface area contributed by atoms with Gasteiger partial charge in [-0.15, -0.1) is 0 Å². The highest BCUT2D eigenvalue weighted by Gasteiger charge is 1.93. The molecule has 0 unspecified atom stereocenters. The van der Waals surface area contributed by atoms with Gasteiger partial charge in [0.15, 0.2) is 0 Å². The Morgan fingerprint density at radius 1 is 1.20 bits per heavy atom. The van der Waals surface area contributed by atoms with Gasteiger partial charge < -0.3 is 21.3 Å². The van der Waals surface area contributed by atoms with Crippen LogP contribution in [-0.2, 0) is 6.54 Å². The average Bonchev–Trinajstić information content (AvgIpc) is 2.15. The fourth-order valence-corrected chi connectivity index (χ4v) is 0.774. The Kier molecular flexibility index (Phi) is 6.12. The minimum Gasteiger partial charge on any atom is -0.465 e. The Labute approximate surface area is 86.3 Å². The average molecular weight is 212 g/mol. The lowest BCUT2D eigenvalue weighted by molar-refractivity contribution is 0.194. The van der Waals surface area contributed by atoms with Crippen LogP contribution in [0.3, 0.4) is 0 Å². The van der Waals surface area contributed by atoms with Crippen LogP contribution in [0.4, 0.5) is 9.59 Å². The Balaban J connectivity index is 0.000000423. The lowest BCUT2D eigenvalue weighted by Crippen LogP contribution is -2.19. The van der Waals surface area contributed by atoms with E-state index in [0.29, 0.717) is 6.54 Å². The van der Waals surface area contributed by atoms with Crippen LogP contribution in [-0.4, -0.2) is 22.4 Å². The summed E-state index contributed by atoms with van der Waals surface area (Å²) < 4.78 is 0. The molecule has 0 spiro atoms. The number of carboxylic acid groups (broad SMARTS) is 2. The van der Waals surface area contributed by atoms with Crippen LogP contribution >= 0.6 is 0 Å². The topological polar surface area (TPSA) is 113 Å². The first kappa shape index (κ1) is 12.8. The van der Waals surface area contributed by atoms with Crippen LogP contribution in [0.1, 0.15) is 5.56 Å². The first-order chi connectivity index (χ1) is 7.02. The maximum absolute atomic E-state index is 10.1. The molecular weight excluding hydrogens is 200 g/mol. The van der Waals surface area contributed by atoms with Crippen molar-refractivity contribution in [3.63, 3.8) is 0 Å². The molecule has 5 N–H and O–H groups in total. The Hall–Kier alpha value is -2.24. The van der Waals surface area contributed by atoms with Crippen molar-refractivity contribution in [3.05, 3.63) is 35.9 Å². The number of primary amides is 1. The quantitative estimate of drug-likeness (QED) is 0.587. The number of nitrogens with one attached hydrogen (secondary N) is 1. The summed E-state index contributed by atoms with van der Waals surface area (Å²) in [6, 6.07) is 9.38. The summed E-state index contributed by atoms with van der Waals surface area (Å²) in [6.45, 7) is 0.371. The predicted octanol–water partition coefficient (Wildman–Crippen LogP) is 1.08. The summed E-state index contributed by atoms with van der Waals surface area (Å²) in [7, 11) is 0. The maximum Gasteiger partial charge on any atom is 0.404 e. The molecule has 2 amide bonds. The Morgan fingerprint density at radius 3 is 2.07 bits per heavy atom. The highest BCUT2D eigenvalue weighted by molar-refractivity contribution is 5.64. The molecule has 0 saturated heterocycles. The molecular formula is C9H12N2O4. The molecule has 1 aromatic carbocycles. The molecule has 0 aliphatic heterocycles. The van der Waals surface area contributed by atoms with Crippen LogP contribution in [0.2, 0.25) is 0 Å². The van der Waals surface area contributed by atoms with E-state index in [1.165, 1.54) is 0 Å². The number of benzene rings is 1. The third-order valence-corrected chi connectivity index (χ3v) is 1.29. The van der Waals surface area contributed by atoms with E-state index in [1.54, 1.807) is 0 Å². The summed E-state index contributed by atoms with van der Waals surface area (Å²) in [5.41, 5.74) is 5.00. The van der Waals surface area contributed by atoms with Crippen molar-refractivity contribution in [2.45, 2.75) is 6.54 Å². The first-order valence-electron chi connectivity index (χ1n) is 4.01. The van der Waals surface area contributed by atoms with E-state index in [9.17, 15) is 4.79 Å². The number of rotatable bonds is 2. The molecule has 0 radical (unpaired) electrons. The fourth-order valence-electron chi connectivity index (χ4n) is 0.774. The zero-order valence-electron chi connectivity index (χ0n) is 7.88. The zero-order chi connectivity index (χ0) is 11.7. The molecule has 0 saturated carbocycles. The third kappa shape index (κ3) is 9.68. The second-order valence-corrected chi connectivity index (χ2v) is 2.48. The number of nitrogens with two attached hydrogens (primary N) is 1. The van der Waals surface area contributed by atoms with E-state index in [2.05, 4.69) is 11.1 Å². The monoisotopic (exact) mass is 212 g/mol. The van der Waals surface area contributed by atoms with Crippen molar-refractivity contribution in [2.75, 3.05) is 0 Å². The van der Waals surface area contributed by atoms with Gasteiger partial charge in [0.25, 0.3) is 0 Å². The van der Waals surface area contributed by atoms with Crippen molar-refractivity contribution < 1.29 is 19.8 Å². The lowest BCUT2D eigenvalue weighted by Gasteiger charge is -1.98. The molecule has 1 rings (SSSR count). The summed E-state index contributed by atoms with van der Waals surface area (Å²) in [6.07, 6.45) is -2.33. The highest BCUT2D eigenvalue weighted by atomic mass is 16.4. The molecule has 0 aliphatic carbocycles. The van der Waals surface area contributed by atoms with Gasteiger partial charge in [-0.05, 0) is 5.56 Å². The third-order valence-electron chi connectivity index (χ3n) is 1.29. The summed E-state index contributed by atoms with van der Waals surface area (Å²) in [5.74, 6) is 0. The summed E-state index contributed by atoms with van der Waals surface area (Å²) >= 11 is 0. The van der Waals surface area contributed by atoms with Crippen molar-refractivity contribution in [3.8, 4) is 0 Å². The molecule has 0 atom stereocenters. The number of carbonyl (C=O) groups is 2. The van der Waals surface area contributed by atoms with Gasteiger partial charge in [-0.3, -0.25) is 0 Å². The van der Waals surface area contributed by atoms with Gasteiger partial charge >= 0.3 is 12.2 Å². The van der Waals surface area contributed by atoms with Gasteiger partial charge in [0.2, 0.25) is 0 Å². The molecule has 15 heavy (non-hydrogen) atoms. The molecule has 6 heteroatoms. The van der Waals surface area contributed by atoms with Crippen molar-refractivity contribution >= 4 is 12.2 Å². The largest absolute Gasteiger partial charge is 0.465 e. The van der Waals surface area contributed by atoms with Gasteiger partial charge in [0.05, 0.1) is 0 Å². The van der Waals surface area contributed by atoms with E-state index in [0.717, 1.165) is 5.56 Å². The van der Waals surface area contributed by atoms with Crippen LogP contribution in [0.5, 0.6) is 0 Å². The van der Waals surface area contributed by atoms with Crippen molar-refractivity contribution in [1.82, 2.24) is 5.32 Å². The second kappa shape index (κ2) is 7.19. The molecule has 82 valence electrons. The maximum atomic E-state index is 10.1. The number of amides is 2. The van der Waals surface area contributed by atoms with Crippen LogP contribution in [0, 0.1) is 0 Å². The van der Waals surface area contributed by atoms with Gasteiger partial charge in [0, 0.05) is 6.54 Å². The van der Waals surface area contributed by atoms with Crippen molar-refractivity contribution in [1.29, 1.82) is 0 Å². The first-order valence-corrected chi connectivity index (χ1v) is 4.01. The molecule has 0 bridgehead atoms. The number of hydrogen-bond acceptors (Lipinski definition) is 2. The molecule has 1 aromatic rings. The zero-order valence-corrected chi connectivity index (χ0v) is 7.88. The minimum absolute atomic E-state index is 0.371. The van der Waals surface area contributed by atoms with Gasteiger partial charge in [0.1, 0.15) is 0 Å². The highest BCUT2D eigenvalue weighted by Crippen LogP contribution is 1.96. The van der Waals surface area contributed by atoms with Gasteiger partial charge in [-0.25, -0.2) is 9.59 Å². The number of hydrogen-bond donors (Lipinski definition) is 4. The fraction of sp³-hybridized carbons (Fsp3) is 0.111.